The maximum atomic E-state index is 2.12. The van der Waals surface area contributed by atoms with Gasteiger partial charge in [-0.05, 0) is 41.8 Å². The molecule has 0 aromatic heterocycles. The lowest BCUT2D eigenvalue weighted by Gasteiger charge is -2.00. The first-order chi connectivity index (χ1) is 6.00. The SMILES string of the molecule is CC.CC.CCN(C)C.CN(C)C. The fraction of sp³-hybridized carbons (Fsp3) is 1.00. The van der Waals surface area contributed by atoms with Gasteiger partial charge in [-0.1, -0.05) is 34.6 Å². The average molecular weight is 192 g/mol. The van der Waals surface area contributed by atoms with Crippen molar-refractivity contribution in [2.75, 3.05) is 41.8 Å². The van der Waals surface area contributed by atoms with E-state index in [2.05, 4.69) is 25.9 Å². The molecular formula is C11H32N2. The van der Waals surface area contributed by atoms with Crippen molar-refractivity contribution in [3.8, 4) is 0 Å². The van der Waals surface area contributed by atoms with Gasteiger partial charge in [0.25, 0.3) is 0 Å². The minimum atomic E-state index is 1.14. The molecule has 0 aromatic rings. The second-order valence-corrected chi connectivity index (χ2v) is 2.74. The van der Waals surface area contributed by atoms with Crippen molar-refractivity contribution in [2.24, 2.45) is 0 Å². The molecule has 0 N–H and O–H groups in total. The Hall–Kier alpha value is -0.0800. The maximum Gasteiger partial charge on any atom is -0.00533 e. The van der Waals surface area contributed by atoms with Gasteiger partial charge in [0, 0.05) is 0 Å². The van der Waals surface area contributed by atoms with E-state index in [1.807, 2.05) is 53.7 Å². The Kier molecular flexibility index (Phi) is 52.7. The number of hydrogen-bond donors (Lipinski definition) is 0. The van der Waals surface area contributed by atoms with Gasteiger partial charge in [0.2, 0.25) is 0 Å². The van der Waals surface area contributed by atoms with E-state index in [1.54, 1.807) is 0 Å². The van der Waals surface area contributed by atoms with Crippen LogP contribution < -0.4 is 0 Å². The molecule has 0 saturated carbocycles. The predicted octanol–water partition coefficient (Wildman–Crippen LogP) is 2.80. The van der Waals surface area contributed by atoms with Crippen molar-refractivity contribution in [3.63, 3.8) is 0 Å². The molecular weight excluding hydrogens is 160 g/mol. The summed E-state index contributed by atoms with van der Waals surface area (Å²) >= 11 is 0. The zero-order valence-electron chi connectivity index (χ0n) is 11.6. The highest BCUT2D eigenvalue weighted by Gasteiger charge is 1.72. The molecule has 0 aromatic carbocycles. The third kappa shape index (κ3) is 318. The van der Waals surface area contributed by atoms with Crippen molar-refractivity contribution in [2.45, 2.75) is 34.6 Å². The van der Waals surface area contributed by atoms with E-state index in [9.17, 15) is 0 Å². The topological polar surface area (TPSA) is 6.48 Å². The van der Waals surface area contributed by atoms with E-state index in [0.717, 1.165) is 6.54 Å². The van der Waals surface area contributed by atoms with Crippen LogP contribution in [0.15, 0.2) is 0 Å². The Morgan fingerprint density at radius 1 is 0.692 bits per heavy atom. The molecule has 13 heavy (non-hydrogen) atoms. The van der Waals surface area contributed by atoms with Gasteiger partial charge in [-0.2, -0.15) is 0 Å². The lowest BCUT2D eigenvalue weighted by atomic mass is 10.7. The Morgan fingerprint density at radius 2 is 0.769 bits per heavy atom. The summed E-state index contributed by atoms with van der Waals surface area (Å²) in [4.78, 5) is 4.12. The summed E-state index contributed by atoms with van der Waals surface area (Å²) in [5.41, 5.74) is 0. The lowest BCUT2D eigenvalue weighted by Crippen LogP contribution is -2.08. The summed E-state index contributed by atoms with van der Waals surface area (Å²) in [5, 5.41) is 0. The van der Waals surface area contributed by atoms with Crippen molar-refractivity contribution < 1.29 is 0 Å². The van der Waals surface area contributed by atoms with Crippen molar-refractivity contribution in [1.82, 2.24) is 9.80 Å². The van der Waals surface area contributed by atoms with E-state index in [4.69, 9.17) is 0 Å². The van der Waals surface area contributed by atoms with Crippen LogP contribution in [0, 0.1) is 0 Å². The number of hydrogen-bond acceptors (Lipinski definition) is 2. The van der Waals surface area contributed by atoms with E-state index in [0.29, 0.717) is 0 Å². The van der Waals surface area contributed by atoms with E-state index < -0.39 is 0 Å². The first kappa shape index (κ1) is 23.1. The van der Waals surface area contributed by atoms with Crippen LogP contribution in [0.25, 0.3) is 0 Å². The molecule has 0 amide bonds. The summed E-state index contributed by atoms with van der Waals surface area (Å²) in [7, 11) is 10.1. The number of nitrogens with zero attached hydrogens (tertiary/aromatic N) is 2. The van der Waals surface area contributed by atoms with Gasteiger partial charge in [-0.15, -0.1) is 0 Å². The lowest BCUT2D eigenvalue weighted by molar-refractivity contribution is 0.434. The molecule has 0 fully saturated rings. The average Bonchev–Trinajstić information content (AvgIpc) is 2.10. The van der Waals surface area contributed by atoms with Crippen LogP contribution in [0.1, 0.15) is 34.6 Å². The first-order valence-corrected chi connectivity index (χ1v) is 5.26. The van der Waals surface area contributed by atoms with E-state index >= 15 is 0 Å². The van der Waals surface area contributed by atoms with Crippen LogP contribution in [0.2, 0.25) is 0 Å². The van der Waals surface area contributed by atoms with Crippen molar-refractivity contribution >= 4 is 0 Å². The fourth-order valence-electron chi connectivity index (χ4n) is 0. The molecule has 0 radical (unpaired) electrons. The zero-order chi connectivity index (χ0) is 11.9. The summed E-state index contributed by atoms with van der Waals surface area (Å²) < 4.78 is 0. The molecule has 0 aliphatic carbocycles. The monoisotopic (exact) mass is 192 g/mol. The largest absolute Gasteiger partial charge is 0.312 e. The summed E-state index contributed by atoms with van der Waals surface area (Å²) in [6, 6.07) is 0. The van der Waals surface area contributed by atoms with Crippen LogP contribution in [0.5, 0.6) is 0 Å². The molecule has 0 heterocycles. The van der Waals surface area contributed by atoms with Crippen LogP contribution in [-0.2, 0) is 0 Å². The van der Waals surface area contributed by atoms with Gasteiger partial charge in [0.05, 0.1) is 0 Å². The van der Waals surface area contributed by atoms with E-state index in [-0.39, 0.29) is 0 Å². The van der Waals surface area contributed by atoms with Crippen LogP contribution in [0.4, 0.5) is 0 Å². The van der Waals surface area contributed by atoms with Gasteiger partial charge in [0.15, 0.2) is 0 Å². The Labute approximate surface area is 86.9 Å². The maximum absolute atomic E-state index is 2.12. The third-order valence-corrected chi connectivity index (χ3v) is 0.632. The smallest absolute Gasteiger partial charge is 0.00533 e. The highest BCUT2D eigenvalue weighted by atomic mass is 15.0. The van der Waals surface area contributed by atoms with Crippen LogP contribution >= 0.6 is 0 Å². The molecule has 0 bridgehead atoms. The highest BCUT2D eigenvalue weighted by Crippen LogP contribution is 1.63. The molecule has 0 rings (SSSR count). The van der Waals surface area contributed by atoms with Gasteiger partial charge in [-0.25, -0.2) is 0 Å². The van der Waals surface area contributed by atoms with E-state index in [1.165, 1.54) is 0 Å². The van der Waals surface area contributed by atoms with Crippen LogP contribution in [-0.4, -0.2) is 51.6 Å². The van der Waals surface area contributed by atoms with Crippen molar-refractivity contribution in [1.29, 1.82) is 0 Å². The van der Waals surface area contributed by atoms with Crippen LogP contribution in [0.3, 0.4) is 0 Å². The fourth-order valence-corrected chi connectivity index (χ4v) is 0. The summed E-state index contributed by atoms with van der Waals surface area (Å²) in [5.74, 6) is 0. The predicted molar refractivity (Wildman–Crippen MR) is 66.5 cm³/mol. The Balaban J connectivity index is -0.0000000457. The molecule has 0 aliphatic heterocycles. The normalized spacial score (nSPS) is 7.38. The highest BCUT2D eigenvalue weighted by molar-refractivity contribution is 4.25. The van der Waals surface area contributed by atoms with Gasteiger partial charge in [-0.3, -0.25) is 0 Å². The van der Waals surface area contributed by atoms with Gasteiger partial charge < -0.3 is 9.80 Å². The quantitative estimate of drug-likeness (QED) is 0.630. The molecule has 2 heteroatoms. The molecule has 2 nitrogen and oxygen atoms in total. The Bertz CT molecular complexity index is 40.6. The molecule has 0 atom stereocenters. The second kappa shape index (κ2) is 29.7. The second-order valence-electron chi connectivity index (χ2n) is 2.74. The minimum absolute atomic E-state index is 1.14. The first-order valence-electron chi connectivity index (χ1n) is 5.26. The Morgan fingerprint density at radius 3 is 0.769 bits per heavy atom. The number of rotatable bonds is 1. The third-order valence-electron chi connectivity index (χ3n) is 0.632. The van der Waals surface area contributed by atoms with Gasteiger partial charge >= 0.3 is 0 Å². The molecule has 0 saturated heterocycles. The van der Waals surface area contributed by atoms with Crippen molar-refractivity contribution in [3.05, 3.63) is 0 Å². The standard InChI is InChI=1S/C4H11N.C3H9N.2C2H6/c1-4-5(2)3;1-4(2)3;2*1-2/h4H2,1-3H3;1-3H3;2*1-2H3. The molecule has 0 spiro atoms. The minimum Gasteiger partial charge on any atom is -0.312 e. The summed E-state index contributed by atoms with van der Waals surface area (Å²) in [6.07, 6.45) is 0. The zero-order valence-corrected chi connectivity index (χ0v) is 11.6. The summed E-state index contributed by atoms with van der Waals surface area (Å²) in [6.45, 7) is 11.3. The molecule has 86 valence electrons. The molecule has 0 aliphatic rings. The molecule has 0 unspecified atom stereocenters. The van der Waals surface area contributed by atoms with Gasteiger partial charge in [0.1, 0.15) is 0 Å².